The second-order valence-corrected chi connectivity index (χ2v) is 4.19. The van der Waals surface area contributed by atoms with Gasteiger partial charge in [0.1, 0.15) is 0 Å². The summed E-state index contributed by atoms with van der Waals surface area (Å²) in [4.78, 5) is 15.6. The highest BCUT2D eigenvalue weighted by Gasteiger charge is 2.04. The van der Waals surface area contributed by atoms with Crippen molar-refractivity contribution in [2.24, 2.45) is 0 Å². The molecule has 0 radical (unpaired) electrons. The van der Waals surface area contributed by atoms with Crippen LogP contribution in [-0.2, 0) is 11.3 Å². The van der Waals surface area contributed by atoms with Gasteiger partial charge < -0.3 is 5.32 Å². The van der Waals surface area contributed by atoms with E-state index in [1.165, 1.54) is 29.4 Å². The van der Waals surface area contributed by atoms with E-state index in [-0.39, 0.29) is 6.03 Å². The average Bonchev–Trinajstić information content (AvgIpc) is 2.22. The van der Waals surface area contributed by atoms with Crippen molar-refractivity contribution in [1.29, 1.82) is 0 Å². The molecule has 0 spiro atoms. The van der Waals surface area contributed by atoms with E-state index >= 15 is 0 Å². The summed E-state index contributed by atoms with van der Waals surface area (Å²) in [5, 5.41) is 2.73. The van der Waals surface area contributed by atoms with Crippen LogP contribution in [0.2, 0.25) is 0 Å². The molecule has 0 bridgehead atoms. The van der Waals surface area contributed by atoms with Gasteiger partial charge in [-0.2, -0.15) is 0 Å². The van der Waals surface area contributed by atoms with Gasteiger partial charge in [0.25, 0.3) is 0 Å². The normalized spacial score (nSPS) is 10.1. The van der Waals surface area contributed by atoms with Crippen LogP contribution in [0.25, 0.3) is 0 Å². The van der Waals surface area contributed by atoms with Gasteiger partial charge in [0, 0.05) is 6.54 Å². The van der Waals surface area contributed by atoms with Crippen molar-refractivity contribution < 1.29 is 9.63 Å². The topological polar surface area (TPSA) is 50.4 Å². The molecule has 0 aliphatic rings. The standard InChI is InChI=1S/C13H20N2O2/c1-9-7-10(2)12(11(3)8-9)5-6-14-13(16)15-17-4/h7-8H,5-6H2,1-4H3,(H2,14,15,16). The van der Waals surface area contributed by atoms with Crippen LogP contribution in [0.15, 0.2) is 12.1 Å². The quantitative estimate of drug-likeness (QED) is 0.786. The van der Waals surface area contributed by atoms with Crippen LogP contribution in [0, 0.1) is 20.8 Å². The average molecular weight is 236 g/mol. The molecule has 0 saturated heterocycles. The lowest BCUT2D eigenvalue weighted by atomic mass is 9.97. The first kappa shape index (κ1) is 13.5. The van der Waals surface area contributed by atoms with Crippen LogP contribution in [-0.4, -0.2) is 19.7 Å². The smallest absolute Gasteiger partial charge is 0.336 e. The Labute approximate surface area is 102 Å². The van der Waals surface area contributed by atoms with Gasteiger partial charge in [0.05, 0.1) is 7.11 Å². The molecule has 0 fully saturated rings. The monoisotopic (exact) mass is 236 g/mol. The Balaban J connectivity index is 2.55. The van der Waals surface area contributed by atoms with Crippen molar-refractivity contribution in [2.45, 2.75) is 27.2 Å². The van der Waals surface area contributed by atoms with Crippen LogP contribution in [0.1, 0.15) is 22.3 Å². The number of nitrogens with one attached hydrogen (secondary N) is 2. The van der Waals surface area contributed by atoms with Gasteiger partial charge >= 0.3 is 6.03 Å². The van der Waals surface area contributed by atoms with E-state index in [9.17, 15) is 4.79 Å². The highest BCUT2D eigenvalue weighted by molar-refractivity contribution is 5.72. The van der Waals surface area contributed by atoms with Crippen molar-refractivity contribution in [2.75, 3.05) is 13.7 Å². The molecule has 0 aromatic heterocycles. The van der Waals surface area contributed by atoms with Crippen LogP contribution in [0.4, 0.5) is 4.79 Å². The first-order valence-corrected chi connectivity index (χ1v) is 5.68. The second kappa shape index (κ2) is 6.25. The van der Waals surface area contributed by atoms with Crippen LogP contribution in [0.3, 0.4) is 0 Å². The van der Waals surface area contributed by atoms with Gasteiger partial charge in [-0.25, -0.2) is 10.3 Å². The molecule has 94 valence electrons. The van der Waals surface area contributed by atoms with Gasteiger partial charge in [-0.1, -0.05) is 17.7 Å². The Morgan fingerprint density at radius 2 is 1.82 bits per heavy atom. The van der Waals surface area contributed by atoms with Gasteiger partial charge in [-0.3, -0.25) is 4.84 Å². The lowest BCUT2D eigenvalue weighted by Gasteiger charge is -2.12. The maximum absolute atomic E-state index is 11.1. The number of rotatable bonds is 4. The molecule has 0 atom stereocenters. The maximum atomic E-state index is 11.1. The number of aryl methyl sites for hydroxylation is 3. The third kappa shape index (κ3) is 4.07. The summed E-state index contributed by atoms with van der Waals surface area (Å²) in [6.07, 6.45) is 0.828. The highest BCUT2D eigenvalue weighted by Crippen LogP contribution is 2.16. The van der Waals surface area contributed by atoms with E-state index in [2.05, 4.69) is 48.5 Å². The zero-order valence-electron chi connectivity index (χ0n) is 10.9. The summed E-state index contributed by atoms with van der Waals surface area (Å²) >= 11 is 0. The molecule has 2 amide bonds. The number of hydrogen-bond donors (Lipinski definition) is 2. The summed E-state index contributed by atoms with van der Waals surface area (Å²) in [7, 11) is 1.41. The maximum Gasteiger partial charge on any atom is 0.338 e. The highest BCUT2D eigenvalue weighted by atomic mass is 16.6. The largest absolute Gasteiger partial charge is 0.338 e. The van der Waals surface area contributed by atoms with Crippen LogP contribution in [0.5, 0.6) is 0 Å². The van der Waals surface area contributed by atoms with E-state index in [1.807, 2.05) is 0 Å². The lowest BCUT2D eigenvalue weighted by molar-refractivity contribution is 0.107. The molecule has 1 rings (SSSR count). The fourth-order valence-electron chi connectivity index (χ4n) is 2.03. The summed E-state index contributed by atoms with van der Waals surface area (Å²) < 4.78 is 0. The molecule has 0 aliphatic carbocycles. The predicted molar refractivity (Wildman–Crippen MR) is 67.9 cm³/mol. The minimum absolute atomic E-state index is 0.310. The van der Waals surface area contributed by atoms with E-state index < -0.39 is 0 Å². The Kier molecular flexibility index (Phi) is 4.97. The Bertz CT molecular complexity index is 379. The van der Waals surface area contributed by atoms with Crippen LogP contribution < -0.4 is 10.8 Å². The second-order valence-electron chi connectivity index (χ2n) is 4.19. The summed E-state index contributed by atoms with van der Waals surface area (Å²) in [5.41, 5.74) is 7.34. The molecule has 0 saturated carbocycles. The van der Waals surface area contributed by atoms with Gasteiger partial charge in [-0.15, -0.1) is 0 Å². The van der Waals surface area contributed by atoms with E-state index in [0.29, 0.717) is 6.54 Å². The van der Waals surface area contributed by atoms with Crippen molar-refractivity contribution in [3.05, 3.63) is 34.4 Å². The van der Waals surface area contributed by atoms with Gasteiger partial charge in [0.2, 0.25) is 0 Å². The number of hydrogen-bond acceptors (Lipinski definition) is 2. The predicted octanol–water partition coefficient (Wildman–Crippen LogP) is 2.01. The minimum atomic E-state index is -0.310. The molecule has 1 aromatic rings. The number of hydroxylamine groups is 1. The fraction of sp³-hybridized carbons (Fsp3) is 0.462. The van der Waals surface area contributed by atoms with Crippen molar-refractivity contribution in [3.8, 4) is 0 Å². The lowest BCUT2D eigenvalue weighted by Crippen LogP contribution is -2.35. The molecular weight excluding hydrogens is 216 g/mol. The molecule has 1 aromatic carbocycles. The first-order valence-electron chi connectivity index (χ1n) is 5.68. The summed E-state index contributed by atoms with van der Waals surface area (Å²) in [5.74, 6) is 0. The van der Waals surface area contributed by atoms with E-state index in [4.69, 9.17) is 0 Å². The third-order valence-corrected chi connectivity index (χ3v) is 2.70. The van der Waals surface area contributed by atoms with Gasteiger partial charge in [-0.05, 0) is 43.9 Å². The number of benzene rings is 1. The van der Waals surface area contributed by atoms with E-state index in [1.54, 1.807) is 0 Å². The molecule has 0 unspecified atom stereocenters. The molecule has 0 heterocycles. The zero-order valence-corrected chi connectivity index (χ0v) is 10.9. The minimum Gasteiger partial charge on any atom is -0.336 e. The Morgan fingerprint density at radius 3 is 2.35 bits per heavy atom. The van der Waals surface area contributed by atoms with E-state index in [0.717, 1.165) is 6.42 Å². The van der Waals surface area contributed by atoms with Gasteiger partial charge in [0.15, 0.2) is 0 Å². The molecule has 4 nitrogen and oxygen atoms in total. The first-order chi connectivity index (χ1) is 8.04. The molecule has 0 aliphatic heterocycles. The molecule has 2 N–H and O–H groups in total. The number of carbonyl (C=O) groups is 1. The number of amides is 2. The van der Waals surface area contributed by atoms with Crippen molar-refractivity contribution in [3.63, 3.8) is 0 Å². The van der Waals surface area contributed by atoms with Crippen molar-refractivity contribution >= 4 is 6.03 Å². The zero-order chi connectivity index (χ0) is 12.8. The molecule has 4 heteroatoms. The third-order valence-electron chi connectivity index (χ3n) is 2.70. The number of carbonyl (C=O) groups excluding carboxylic acids is 1. The van der Waals surface area contributed by atoms with Crippen molar-refractivity contribution in [1.82, 2.24) is 10.8 Å². The summed E-state index contributed by atoms with van der Waals surface area (Å²) in [6, 6.07) is 4.02. The SMILES string of the molecule is CONC(=O)NCCc1c(C)cc(C)cc1C. The number of urea groups is 1. The molecule has 17 heavy (non-hydrogen) atoms. The fourth-order valence-corrected chi connectivity index (χ4v) is 2.03. The molecular formula is C13H20N2O2. The van der Waals surface area contributed by atoms with Crippen LogP contribution >= 0.6 is 0 Å². The summed E-state index contributed by atoms with van der Waals surface area (Å²) in [6.45, 7) is 6.89. The Morgan fingerprint density at radius 1 is 1.24 bits per heavy atom. The Hall–Kier alpha value is -1.55.